The third-order valence-corrected chi connectivity index (χ3v) is 5.00. The van der Waals surface area contributed by atoms with Gasteiger partial charge in [0.1, 0.15) is 5.82 Å². The number of esters is 1. The number of benzene rings is 1. The molecule has 1 aliphatic heterocycles. The number of anilines is 1. The van der Waals surface area contributed by atoms with Gasteiger partial charge < -0.3 is 14.6 Å². The van der Waals surface area contributed by atoms with E-state index in [-0.39, 0.29) is 11.9 Å². The lowest BCUT2D eigenvalue weighted by Gasteiger charge is -2.34. The molecule has 0 unspecified atom stereocenters. The first-order valence-electron chi connectivity index (χ1n) is 9.46. The van der Waals surface area contributed by atoms with Gasteiger partial charge in [-0.1, -0.05) is 0 Å². The number of carbonyl (C=O) groups is 2. The smallest absolute Gasteiger partial charge is 0.337 e. The summed E-state index contributed by atoms with van der Waals surface area (Å²) in [5.41, 5.74) is 1.13. The van der Waals surface area contributed by atoms with Crippen LogP contribution < -0.4 is 5.32 Å². The van der Waals surface area contributed by atoms with E-state index in [1.165, 1.54) is 7.11 Å². The van der Waals surface area contributed by atoms with Crippen molar-refractivity contribution < 1.29 is 14.3 Å². The van der Waals surface area contributed by atoms with E-state index < -0.39 is 0 Å². The number of rotatable bonds is 7. The third kappa shape index (κ3) is 5.40. The topological polar surface area (TPSA) is 79.7 Å². The number of hydrogen-bond acceptors (Lipinski definition) is 6. The van der Waals surface area contributed by atoms with Gasteiger partial charge in [-0.2, -0.15) is 0 Å². The molecule has 1 aromatic carbocycles. The van der Waals surface area contributed by atoms with Gasteiger partial charge in [-0.25, -0.2) is 9.78 Å². The Labute approximate surface area is 165 Å². The molecule has 0 radical (unpaired) electrons. The molecular weight excluding hydrogens is 358 g/mol. The van der Waals surface area contributed by atoms with Crippen LogP contribution in [-0.4, -0.2) is 77.6 Å². The molecule has 3 rings (SSSR count). The summed E-state index contributed by atoms with van der Waals surface area (Å²) >= 11 is 0. The average Bonchev–Trinajstić information content (AvgIpc) is 3.12. The lowest BCUT2D eigenvalue weighted by Crippen LogP contribution is -2.49. The predicted octanol–water partition coefficient (Wildman–Crippen LogP) is 1.23. The van der Waals surface area contributed by atoms with Crippen molar-refractivity contribution >= 4 is 17.6 Å². The van der Waals surface area contributed by atoms with Gasteiger partial charge in [0.25, 0.3) is 0 Å². The van der Waals surface area contributed by atoms with Crippen LogP contribution in [0.2, 0.25) is 0 Å². The molecule has 150 valence electrons. The molecule has 1 N–H and O–H groups in total. The molecule has 0 aliphatic carbocycles. The first-order chi connectivity index (χ1) is 13.5. The van der Waals surface area contributed by atoms with Gasteiger partial charge in [0, 0.05) is 57.3 Å². The van der Waals surface area contributed by atoms with Gasteiger partial charge in [-0.3, -0.25) is 14.6 Å². The monoisotopic (exact) mass is 385 g/mol. The Hall–Kier alpha value is -2.71. The highest BCUT2D eigenvalue weighted by Gasteiger charge is 2.19. The number of imidazole rings is 1. The van der Waals surface area contributed by atoms with Crippen molar-refractivity contribution in [3.8, 4) is 0 Å². The van der Waals surface area contributed by atoms with E-state index in [1.807, 2.05) is 19.3 Å². The zero-order valence-corrected chi connectivity index (χ0v) is 16.4. The lowest BCUT2D eigenvalue weighted by molar-refractivity contribution is -0.117. The van der Waals surface area contributed by atoms with Crippen LogP contribution in [0.15, 0.2) is 36.7 Å². The summed E-state index contributed by atoms with van der Waals surface area (Å²) in [6.07, 6.45) is 3.84. The molecule has 8 heteroatoms. The molecule has 1 aromatic heterocycles. The molecule has 1 aliphatic rings. The maximum Gasteiger partial charge on any atom is 0.337 e. The molecule has 0 atom stereocenters. The number of carbonyl (C=O) groups excluding carboxylic acids is 2. The third-order valence-electron chi connectivity index (χ3n) is 5.00. The van der Waals surface area contributed by atoms with Crippen molar-refractivity contribution in [1.82, 2.24) is 19.4 Å². The van der Waals surface area contributed by atoms with Crippen LogP contribution in [0.5, 0.6) is 0 Å². The molecule has 1 fully saturated rings. The predicted molar refractivity (Wildman–Crippen MR) is 106 cm³/mol. The Kier molecular flexibility index (Phi) is 6.78. The van der Waals surface area contributed by atoms with Crippen molar-refractivity contribution in [2.24, 2.45) is 0 Å². The van der Waals surface area contributed by atoms with Crippen LogP contribution in [0.4, 0.5) is 5.69 Å². The maximum atomic E-state index is 12.3. The van der Waals surface area contributed by atoms with Crippen molar-refractivity contribution in [1.29, 1.82) is 0 Å². The van der Waals surface area contributed by atoms with Gasteiger partial charge in [0.2, 0.25) is 5.91 Å². The highest BCUT2D eigenvalue weighted by molar-refractivity contribution is 5.93. The second kappa shape index (κ2) is 9.48. The highest BCUT2D eigenvalue weighted by Crippen LogP contribution is 2.11. The van der Waals surface area contributed by atoms with Gasteiger partial charge in [0.05, 0.1) is 19.2 Å². The minimum Gasteiger partial charge on any atom is -0.465 e. The van der Waals surface area contributed by atoms with E-state index in [9.17, 15) is 9.59 Å². The SMILES string of the molecule is COC(=O)c1ccc(NC(=O)CN2CCN(CCn3ccnc3C)CC2)cc1. The molecule has 0 saturated carbocycles. The molecule has 8 nitrogen and oxygen atoms in total. The van der Waals surface area contributed by atoms with E-state index >= 15 is 0 Å². The molecular formula is C20H27N5O3. The fourth-order valence-electron chi connectivity index (χ4n) is 3.27. The normalized spacial score (nSPS) is 15.4. The van der Waals surface area contributed by atoms with Gasteiger partial charge >= 0.3 is 5.97 Å². The Morgan fingerprint density at radius 2 is 1.75 bits per heavy atom. The van der Waals surface area contributed by atoms with Crippen molar-refractivity contribution in [3.05, 3.63) is 48.0 Å². The Bertz CT molecular complexity index is 794. The zero-order valence-electron chi connectivity index (χ0n) is 16.4. The Balaban J connectivity index is 1.38. The van der Waals surface area contributed by atoms with Crippen LogP contribution in [0.1, 0.15) is 16.2 Å². The summed E-state index contributed by atoms with van der Waals surface area (Å²) in [6.45, 7) is 7.96. The van der Waals surface area contributed by atoms with Gasteiger partial charge in [0.15, 0.2) is 0 Å². The number of amides is 1. The molecule has 1 saturated heterocycles. The second-order valence-electron chi connectivity index (χ2n) is 6.90. The first-order valence-corrected chi connectivity index (χ1v) is 9.46. The summed E-state index contributed by atoms with van der Waals surface area (Å²) in [5, 5.41) is 2.88. The largest absolute Gasteiger partial charge is 0.465 e. The first kappa shape index (κ1) is 20.0. The zero-order chi connectivity index (χ0) is 19.9. The number of nitrogens with one attached hydrogen (secondary N) is 1. The van der Waals surface area contributed by atoms with E-state index in [4.69, 9.17) is 0 Å². The minimum atomic E-state index is -0.390. The van der Waals surface area contributed by atoms with Crippen LogP contribution in [0, 0.1) is 6.92 Å². The van der Waals surface area contributed by atoms with E-state index in [0.717, 1.165) is 45.1 Å². The van der Waals surface area contributed by atoms with E-state index in [0.29, 0.717) is 17.8 Å². The van der Waals surface area contributed by atoms with E-state index in [1.54, 1.807) is 24.3 Å². The number of piperazine rings is 1. The highest BCUT2D eigenvalue weighted by atomic mass is 16.5. The average molecular weight is 385 g/mol. The van der Waals surface area contributed by atoms with Crippen molar-refractivity contribution in [2.45, 2.75) is 13.5 Å². The molecule has 28 heavy (non-hydrogen) atoms. The summed E-state index contributed by atoms with van der Waals surface area (Å²) < 4.78 is 6.83. The quantitative estimate of drug-likeness (QED) is 0.723. The lowest BCUT2D eigenvalue weighted by atomic mass is 10.2. The van der Waals surface area contributed by atoms with Gasteiger partial charge in [-0.15, -0.1) is 0 Å². The number of nitrogens with zero attached hydrogens (tertiary/aromatic N) is 4. The summed E-state index contributed by atoms with van der Waals surface area (Å²) in [6, 6.07) is 6.70. The number of aryl methyl sites for hydroxylation is 1. The van der Waals surface area contributed by atoms with Crippen LogP contribution >= 0.6 is 0 Å². The Morgan fingerprint density at radius 3 is 2.36 bits per heavy atom. The van der Waals surface area contributed by atoms with Gasteiger partial charge in [-0.05, 0) is 31.2 Å². The molecule has 0 spiro atoms. The minimum absolute atomic E-state index is 0.0479. The number of aromatic nitrogens is 2. The second-order valence-corrected chi connectivity index (χ2v) is 6.90. The fraction of sp³-hybridized carbons (Fsp3) is 0.450. The molecule has 2 aromatic rings. The van der Waals surface area contributed by atoms with Crippen LogP contribution in [-0.2, 0) is 16.1 Å². The van der Waals surface area contributed by atoms with Crippen molar-refractivity contribution in [3.63, 3.8) is 0 Å². The number of ether oxygens (including phenoxy) is 1. The summed E-state index contributed by atoms with van der Waals surface area (Å²) in [5.74, 6) is 0.599. The number of hydrogen-bond donors (Lipinski definition) is 1. The van der Waals surface area contributed by atoms with Crippen LogP contribution in [0.25, 0.3) is 0 Å². The molecule has 2 heterocycles. The van der Waals surface area contributed by atoms with E-state index in [2.05, 4.69) is 29.4 Å². The maximum absolute atomic E-state index is 12.3. The molecule has 1 amide bonds. The summed E-state index contributed by atoms with van der Waals surface area (Å²) in [4.78, 5) is 32.6. The molecule has 0 bridgehead atoms. The summed E-state index contributed by atoms with van der Waals surface area (Å²) in [7, 11) is 1.34. The van der Waals surface area contributed by atoms with Crippen LogP contribution in [0.3, 0.4) is 0 Å². The van der Waals surface area contributed by atoms with Crippen molar-refractivity contribution in [2.75, 3.05) is 51.7 Å². The Morgan fingerprint density at radius 1 is 1.07 bits per heavy atom. The standard InChI is InChI=1S/C20H27N5O3/c1-16-21-7-8-25(16)14-13-23-9-11-24(12-10-23)15-19(26)22-18-5-3-17(4-6-18)20(27)28-2/h3-8H,9-15H2,1-2H3,(H,22,26). The fourth-order valence-corrected chi connectivity index (χ4v) is 3.27. The number of methoxy groups -OCH3 is 1.